The molecule has 9 heteroatoms. The fourth-order valence-electron chi connectivity index (χ4n) is 2.36. The maximum atomic E-state index is 12.2. The van der Waals surface area contributed by atoms with Crippen LogP contribution in [-0.4, -0.2) is 47.0 Å². The van der Waals surface area contributed by atoms with E-state index < -0.39 is 15.4 Å². The summed E-state index contributed by atoms with van der Waals surface area (Å²) in [6, 6.07) is 5.04. The molecule has 3 N–H and O–H groups in total. The first-order valence-electron chi connectivity index (χ1n) is 7.77. The molecule has 0 bridgehead atoms. The summed E-state index contributed by atoms with van der Waals surface area (Å²) in [5.74, 6) is -0.0783. The molecule has 1 aromatic carbocycles. The van der Waals surface area contributed by atoms with E-state index in [1.807, 2.05) is 0 Å². The number of sulfonamides is 1. The molecule has 138 valence electrons. The minimum atomic E-state index is -3.60. The number of amides is 1. The smallest absolute Gasteiger partial charge is 0.259 e. The Kier molecular flexibility index (Phi) is 5.69. The number of ether oxygens (including phenoxy) is 2. The van der Waals surface area contributed by atoms with Gasteiger partial charge in [0.2, 0.25) is 5.91 Å². The van der Waals surface area contributed by atoms with Crippen LogP contribution in [0, 0.1) is 5.41 Å². The molecule has 25 heavy (non-hydrogen) atoms. The summed E-state index contributed by atoms with van der Waals surface area (Å²) in [5.41, 5.74) is 6.01. The van der Waals surface area contributed by atoms with E-state index in [-0.39, 0.29) is 24.1 Å². The molecule has 0 saturated carbocycles. The summed E-state index contributed by atoms with van der Waals surface area (Å²) >= 11 is 0. The molecule has 0 atom stereocenters. The van der Waals surface area contributed by atoms with Crippen molar-refractivity contribution >= 4 is 21.8 Å². The van der Waals surface area contributed by atoms with Gasteiger partial charge in [0.1, 0.15) is 18.2 Å². The maximum absolute atomic E-state index is 12.2. The molecular weight excluding hydrogens is 346 g/mol. The number of fused-ring (bicyclic) bond motifs is 1. The van der Waals surface area contributed by atoms with Gasteiger partial charge in [0, 0.05) is 13.7 Å². The van der Waals surface area contributed by atoms with Crippen LogP contribution >= 0.6 is 0 Å². The molecule has 1 heterocycles. The van der Waals surface area contributed by atoms with Crippen LogP contribution in [0.5, 0.6) is 5.75 Å². The van der Waals surface area contributed by atoms with Crippen LogP contribution in [0.4, 0.5) is 0 Å². The van der Waals surface area contributed by atoms with Crippen molar-refractivity contribution in [2.75, 3.05) is 26.9 Å². The lowest BCUT2D eigenvalue weighted by molar-refractivity contribution is -0.131. The highest BCUT2D eigenvalue weighted by atomic mass is 32.2. The van der Waals surface area contributed by atoms with Gasteiger partial charge in [0.15, 0.2) is 0 Å². The first kappa shape index (κ1) is 19.2. The number of amidine groups is 1. The number of carbonyl (C=O) groups is 1. The van der Waals surface area contributed by atoms with E-state index in [9.17, 15) is 13.2 Å². The van der Waals surface area contributed by atoms with Crippen LogP contribution in [0.2, 0.25) is 0 Å². The van der Waals surface area contributed by atoms with E-state index in [0.717, 1.165) is 0 Å². The van der Waals surface area contributed by atoms with Crippen molar-refractivity contribution in [2.45, 2.75) is 19.6 Å². The highest BCUT2D eigenvalue weighted by molar-refractivity contribution is 7.89. The molecule has 2 rings (SSSR count). The van der Waals surface area contributed by atoms with Crippen molar-refractivity contribution in [2.24, 2.45) is 15.5 Å². The predicted molar refractivity (Wildman–Crippen MR) is 94.0 cm³/mol. The van der Waals surface area contributed by atoms with Crippen molar-refractivity contribution in [1.82, 2.24) is 5.32 Å². The number of carbonyl (C=O) groups excluding carboxylic acids is 1. The second-order valence-electron chi connectivity index (χ2n) is 6.41. The Labute approximate surface area is 147 Å². The zero-order valence-corrected chi connectivity index (χ0v) is 15.4. The van der Waals surface area contributed by atoms with E-state index in [1.54, 1.807) is 39.2 Å². The van der Waals surface area contributed by atoms with Crippen LogP contribution in [0.25, 0.3) is 0 Å². The summed E-state index contributed by atoms with van der Waals surface area (Å²) in [7, 11) is -2.04. The van der Waals surface area contributed by atoms with Crippen LogP contribution < -0.4 is 15.8 Å². The quantitative estimate of drug-likeness (QED) is 0.672. The average molecular weight is 369 g/mol. The van der Waals surface area contributed by atoms with Gasteiger partial charge in [-0.1, -0.05) is 12.1 Å². The third kappa shape index (κ3) is 4.70. The molecular formula is C16H23N3O5S. The van der Waals surface area contributed by atoms with E-state index in [2.05, 4.69) is 9.71 Å². The molecule has 0 saturated heterocycles. The van der Waals surface area contributed by atoms with Gasteiger partial charge in [-0.05, 0) is 25.5 Å². The van der Waals surface area contributed by atoms with Crippen LogP contribution in [-0.2, 0) is 25.3 Å². The molecule has 0 unspecified atom stereocenters. The Hall–Kier alpha value is -2.13. The zero-order chi connectivity index (χ0) is 18.7. The summed E-state index contributed by atoms with van der Waals surface area (Å²) in [4.78, 5) is 12.2. The van der Waals surface area contributed by atoms with Gasteiger partial charge >= 0.3 is 0 Å². The predicted octanol–water partition coefficient (Wildman–Crippen LogP) is 0.403. The van der Waals surface area contributed by atoms with E-state index in [0.29, 0.717) is 30.0 Å². The number of nitrogens with one attached hydrogen (secondary N) is 1. The third-order valence-electron chi connectivity index (χ3n) is 3.74. The molecule has 1 aromatic rings. The molecule has 1 aliphatic heterocycles. The van der Waals surface area contributed by atoms with Gasteiger partial charge in [-0.15, -0.1) is 4.40 Å². The average Bonchev–Trinajstić information content (AvgIpc) is 2.51. The van der Waals surface area contributed by atoms with Crippen LogP contribution in [0.3, 0.4) is 0 Å². The first-order chi connectivity index (χ1) is 11.7. The van der Waals surface area contributed by atoms with Crippen molar-refractivity contribution in [3.8, 4) is 5.75 Å². The summed E-state index contributed by atoms with van der Waals surface area (Å²) < 4.78 is 37.6. The van der Waals surface area contributed by atoms with Gasteiger partial charge in [0.05, 0.1) is 23.3 Å². The second-order valence-corrected chi connectivity index (χ2v) is 8.05. The number of rotatable bonds is 7. The van der Waals surface area contributed by atoms with Gasteiger partial charge < -0.3 is 20.5 Å². The number of methoxy groups -OCH3 is 1. The molecule has 0 fully saturated rings. The van der Waals surface area contributed by atoms with Crippen LogP contribution in [0.15, 0.2) is 22.6 Å². The molecule has 1 amide bonds. The lowest BCUT2D eigenvalue weighted by Crippen LogP contribution is -2.42. The molecule has 1 aliphatic rings. The highest BCUT2D eigenvalue weighted by Crippen LogP contribution is 2.29. The lowest BCUT2D eigenvalue weighted by atomic mass is 9.93. The number of nitrogens with zero attached hydrogens (tertiary/aromatic N) is 1. The molecule has 0 aromatic heterocycles. The molecule has 0 aliphatic carbocycles. The van der Waals surface area contributed by atoms with E-state index in [4.69, 9.17) is 15.2 Å². The Bertz CT molecular complexity index is 787. The fraction of sp³-hybridized carbons (Fsp3) is 0.500. The van der Waals surface area contributed by atoms with Crippen molar-refractivity contribution in [1.29, 1.82) is 0 Å². The van der Waals surface area contributed by atoms with Crippen molar-refractivity contribution in [3.05, 3.63) is 29.3 Å². The minimum Gasteiger partial charge on any atom is -0.492 e. The number of nitrogens with two attached hydrogens (primary N) is 1. The summed E-state index contributed by atoms with van der Waals surface area (Å²) in [6.45, 7) is 4.45. The Morgan fingerprint density at radius 1 is 1.40 bits per heavy atom. The fourth-order valence-corrected chi connectivity index (χ4v) is 3.45. The van der Waals surface area contributed by atoms with Gasteiger partial charge in [0.25, 0.3) is 10.0 Å². The Morgan fingerprint density at radius 2 is 2.12 bits per heavy atom. The summed E-state index contributed by atoms with van der Waals surface area (Å²) in [5, 5.41) is 2.77. The topological polar surface area (TPSA) is 120 Å². The molecule has 8 nitrogen and oxygen atoms in total. The number of hydrogen-bond acceptors (Lipinski definition) is 6. The van der Waals surface area contributed by atoms with Crippen LogP contribution in [0.1, 0.15) is 25.0 Å². The van der Waals surface area contributed by atoms with Gasteiger partial charge in [-0.25, -0.2) is 8.42 Å². The Morgan fingerprint density at radius 3 is 2.80 bits per heavy atom. The SMILES string of the molecule is COCCNC(=O)C(C)(C)COc1cccc2c1C(N)=NS(=O)(=O)C2. The van der Waals surface area contributed by atoms with Gasteiger partial charge in [-0.3, -0.25) is 4.79 Å². The van der Waals surface area contributed by atoms with E-state index >= 15 is 0 Å². The minimum absolute atomic E-state index is 0.0980. The number of hydrogen-bond donors (Lipinski definition) is 2. The van der Waals surface area contributed by atoms with E-state index in [1.165, 1.54) is 0 Å². The molecule has 0 spiro atoms. The summed E-state index contributed by atoms with van der Waals surface area (Å²) in [6.07, 6.45) is 0. The molecule has 0 radical (unpaired) electrons. The largest absolute Gasteiger partial charge is 0.492 e. The number of benzene rings is 1. The second kappa shape index (κ2) is 7.40. The first-order valence-corrected chi connectivity index (χ1v) is 9.37. The normalized spacial score (nSPS) is 15.9. The standard InChI is InChI=1S/C16H23N3O5S/c1-16(2,15(20)18-7-8-23-3)10-24-12-6-4-5-11-9-25(21,22)19-14(17)13(11)12/h4-6H,7-10H2,1-3H3,(H2,17,19)(H,18,20). The van der Waals surface area contributed by atoms with Crippen molar-refractivity contribution in [3.63, 3.8) is 0 Å². The van der Waals surface area contributed by atoms with Gasteiger partial charge in [-0.2, -0.15) is 0 Å². The third-order valence-corrected chi connectivity index (χ3v) is 4.89. The lowest BCUT2D eigenvalue weighted by Gasteiger charge is -2.25. The maximum Gasteiger partial charge on any atom is 0.259 e. The highest BCUT2D eigenvalue weighted by Gasteiger charge is 2.30. The monoisotopic (exact) mass is 369 g/mol. The van der Waals surface area contributed by atoms with Crippen molar-refractivity contribution < 1.29 is 22.7 Å². The Balaban J connectivity index is 2.13. The zero-order valence-electron chi connectivity index (χ0n) is 14.5.